The fourth-order valence-electron chi connectivity index (χ4n) is 7.60. The Labute approximate surface area is 278 Å². The molecule has 0 bridgehead atoms. The SMILES string of the molecule is CC/C(=C\C=C(/C)c1cccc(C)c1)c1cc2c3cc4cc(C(C)C)ccc4cc3n3c4cc5ccc(C(C)C)cc5cc4c(c1)c23. The second-order valence-corrected chi connectivity index (χ2v) is 14.3. The van der Waals surface area contributed by atoms with Crippen LogP contribution in [0, 0.1) is 6.92 Å². The highest BCUT2D eigenvalue weighted by Crippen LogP contribution is 2.44. The summed E-state index contributed by atoms with van der Waals surface area (Å²) >= 11 is 0. The highest BCUT2D eigenvalue weighted by Gasteiger charge is 2.20. The Hall–Kier alpha value is -4.88. The smallest absolute Gasteiger partial charge is 0.0620 e. The monoisotopic (exact) mass is 609 g/mol. The highest BCUT2D eigenvalue weighted by atomic mass is 14.9. The molecule has 2 aromatic heterocycles. The molecule has 0 saturated heterocycles. The van der Waals surface area contributed by atoms with Crippen LogP contribution in [-0.2, 0) is 0 Å². The van der Waals surface area contributed by atoms with Crippen LogP contribution < -0.4 is 0 Å². The summed E-state index contributed by atoms with van der Waals surface area (Å²) in [5.74, 6) is 0.997. The number of allylic oxidation sites excluding steroid dienone is 4. The van der Waals surface area contributed by atoms with Crippen LogP contribution in [0.1, 0.15) is 87.6 Å². The first kappa shape index (κ1) is 29.5. The summed E-state index contributed by atoms with van der Waals surface area (Å²) in [6, 6.07) is 37.5. The van der Waals surface area contributed by atoms with E-state index in [-0.39, 0.29) is 0 Å². The third-order valence-electron chi connectivity index (χ3n) is 10.4. The average molecular weight is 610 g/mol. The molecule has 1 heteroatoms. The first-order valence-electron chi connectivity index (χ1n) is 17.3. The van der Waals surface area contributed by atoms with E-state index >= 15 is 0 Å². The predicted molar refractivity (Wildman–Crippen MR) is 207 cm³/mol. The van der Waals surface area contributed by atoms with Crippen molar-refractivity contribution in [3.8, 4) is 0 Å². The molecule has 6 aromatic carbocycles. The minimum Gasteiger partial charge on any atom is -0.308 e. The lowest BCUT2D eigenvalue weighted by Gasteiger charge is -2.10. The number of aromatic nitrogens is 1. The maximum atomic E-state index is 2.54. The van der Waals surface area contributed by atoms with Crippen LogP contribution in [0.4, 0.5) is 0 Å². The van der Waals surface area contributed by atoms with Gasteiger partial charge in [0.2, 0.25) is 0 Å². The summed E-state index contributed by atoms with van der Waals surface area (Å²) in [4.78, 5) is 0. The summed E-state index contributed by atoms with van der Waals surface area (Å²) in [6.07, 6.45) is 5.61. The average Bonchev–Trinajstić information content (AvgIpc) is 3.56. The Morgan fingerprint density at radius 3 is 1.68 bits per heavy atom. The molecule has 0 aliphatic heterocycles. The van der Waals surface area contributed by atoms with Gasteiger partial charge in [0, 0.05) is 21.5 Å². The minimum atomic E-state index is 0.499. The molecule has 0 unspecified atom stereocenters. The molecule has 0 aliphatic carbocycles. The fraction of sp³-hybridized carbons (Fsp3) is 0.217. The van der Waals surface area contributed by atoms with E-state index in [0.29, 0.717) is 11.8 Å². The summed E-state index contributed by atoms with van der Waals surface area (Å²) in [7, 11) is 0. The zero-order valence-corrected chi connectivity index (χ0v) is 28.7. The van der Waals surface area contributed by atoms with Crippen molar-refractivity contribution in [1.29, 1.82) is 0 Å². The van der Waals surface area contributed by atoms with Crippen molar-refractivity contribution in [3.05, 3.63) is 137 Å². The molecule has 2 heterocycles. The molecule has 1 nitrogen and oxygen atoms in total. The van der Waals surface area contributed by atoms with Crippen LogP contribution in [0.2, 0.25) is 0 Å². The Bertz CT molecular complexity index is 2430. The quantitative estimate of drug-likeness (QED) is 0.165. The maximum Gasteiger partial charge on any atom is 0.0620 e. The third kappa shape index (κ3) is 4.83. The Morgan fingerprint density at radius 1 is 0.596 bits per heavy atom. The molecule has 0 N–H and O–H groups in total. The molecular weight excluding hydrogens is 567 g/mol. The highest BCUT2D eigenvalue weighted by molar-refractivity contribution is 6.26. The maximum absolute atomic E-state index is 2.54. The fourth-order valence-corrected chi connectivity index (χ4v) is 7.60. The van der Waals surface area contributed by atoms with E-state index in [2.05, 4.69) is 162 Å². The van der Waals surface area contributed by atoms with Gasteiger partial charge in [0.05, 0.1) is 16.6 Å². The standard InChI is InChI=1S/C46H43N/c1-8-31(13-12-30(7)34-11-9-10-29(6)18-34)39-23-42-40-21-37-19-32(27(2)3)14-16-35(37)25-44(40)47-45-26-36-17-15-33(28(4)5)20-38(36)22-41(45)43(24-39)46(42)47/h9-28H,8H2,1-7H3/b30-12+,31-13+. The number of benzene rings is 6. The Kier molecular flexibility index (Phi) is 6.99. The molecule has 0 amide bonds. The Balaban J connectivity index is 1.44. The molecule has 8 rings (SSSR count). The summed E-state index contributed by atoms with van der Waals surface area (Å²) in [5.41, 5.74) is 13.2. The number of hydrogen-bond acceptors (Lipinski definition) is 0. The van der Waals surface area contributed by atoms with Crippen LogP contribution in [0.5, 0.6) is 0 Å². The van der Waals surface area contributed by atoms with Crippen LogP contribution in [0.25, 0.3) is 70.8 Å². The third-order valence-corrected chi connectivity index (χ3v) is 10.4. The van der Waals surface area contributed by atoms with Gasteiger partial charge in [-0.05, 0) is 123 Å². The Morgan fingerprint density at radius 2 is 1.17 bits per heavy atom. The van der Waals surface area contributed by atoms with Crippen molar-refractivity contribution < 1.29 is 0 Å². The van der Waals surface area contributed by atoms with E-state index in [1.54, 1.807) is 0 Å². The number of rotatable bonds is 6. The lowest BCUT2D eigenvalue weighted by atomic mass is 9.94. The molecule has 0 aliphatic rings. The van der Waals surface area contributed by atoms with E-state index < -0.39 is 0 Å². The van der Waals surface area contributed by atoms with Gasteiger partial charge in [0.25, 0.3) is 0 Å². The van der Waals surface area contributed by atoms with Crippen molar-refractivity contribution in [1.82, 2.24) is 4.40 Å². The lowest BCUT2D eigenvalue weighted by molar-refractivity contribution is 0.869. The van der Waals surface area contributed by atoms with E-state index in [9.17, 15) is 0 Å². The van der Waals surface area contributed by atoms with Gasteiger partial charge in [-0.15, -0.1) is 0 Å². The normalized spacial score (nSPS) is 13.3. The first-order chi connectivity index (χ1) is 22.7. The van der Waals surface area contributed by atoms with Crippen LogP contribution >= 0.6 is 0 Å². The number of nitrogens with zero attached hydrogens (tertiary/aromatic N) is 1. The van der Waals surface area contributed by atoms with E-state index in [1.165, 1.54) is 98.6 Å². The van der Waals surface area contributed by atoms with Gasteiger partial charge in [-0.3, -0.25) is 0 Å². The first-order valence-corrected chi connectivity index (χ1v) is 17.3. The van der Waals surface area contributed by atoms with E-state index in [1.807, 2.05) is 0 Å². The zero-order valence-electron chi connectivity index (χ0n) is 28.7. The second-order valence-electron chi connectivity index (χ2n) is 14.3. The lowest BCUT2D eigenvalue weighted by Crippen LogP contribution is -1.88. The molecule has 47 heavy (non-hydrogen) atoms. The molecular formula is C46H43N. The predicted octanol–water partition coefficient (Wildman–Crippen LogP) is 13.6. The molecule has 0 spiro atoms. The minimum absolute atomic E-state index is 0.499. The molecule has 232 valence electrons. The largest absolute Gasteiger partial charge is 0.308 e. The van der Waals surface area contributed by atoms with Crippen molar-refractivity contribution in [2.24, 2.45) is 0 Å². The van der Waals surface area contributed by atoms with Gasteiger partial charge in [0.15, 0.2) is 0 Å². The van der Waals surface area contributed by atoms with Gasteiger partial charge in [-0.1, -0.05) is 113 Å². The molecule has 0 fully saturated rings. The van der Waals surface area contributed by atoms with Gasteiger partial charge in [-0.25, -0.2) is 0 Å². The molecule has 0 radical (unpaired) electrons. The van der Waals surface area contributed by atoms with Gasteiger partial charge in [-0.2, -0.15) is 0 Å². The van der Waals surface area contributed by atoms with E-state index in [4.69, 9.17) is 0 Å². The van der Waals surface area contributed by atoms with Crippen molar-refractivity contribution >= 4 is 70.8 Å². The molecule has 0 saturated carbocycles. The molecule has 0 atom stereocenters. The number of fused-ring (bicyclic) bond motifs is 8. The van der Waals surface area contributed by atoms with Gasteiger partial charge < -0.3 is 4.40 Å². The van der Waals surface area contributed by atoms with Crippen LogP contribution in [0.15, 0.2) is 109 Å². The van der Waals surface area contributed by atoms with Gasteiger partial charge in [0.1, 0.15) is 0 Å². The molecule has 8 aromatic rings. The van der Waals surface area contributed by atoms with Crippen LogP contribution in [0.3, 0.4) is 0 Å². The summed E-state index contributed by atoms with van der Waals surface area (Å²) < 4.78 is 2.54. The zero-order chi connectivity index (χ0) is 32.6. The number of hydrogen-bond donors (Lipinski definition) is 0. The van der Waals surface area contributed by atoms with Crippen molar-refractivity contribution in [3.63, 3.8) is 0 Å². The number of aryl methyl sites for hydroxylation is 1. The summed E-state index contributed by atoms with van der Waals surface area (Å²) in [6.45, 7) is 15.8. The van der Waals surface area contributed by atoms with Crippen LogP contribution in [-0.4, -0.2) is 4.40 Å². The van der Waals surface area contributed by atoms with E-state index in [0.717, 1.165) is 6.42 Å². The van der Waals surface area contributed by atoms with Crippen molar-refractivity contribution in [2.75, 3.05) is 0 Å². The van der Waals surface area contributed by atoms with Crippen molar-refractivity contribution in [2.45, 2.75) is 66.7 Å². The second kappa shape index (κ2) is 11.1. The topological polar surface area (TPSA) is 4.41 Å². The summed E-state index contributed by atoms with van der Waals surface area (Å²) in [5, 5.41) is 10.6. The van der Waals surface area contributed by atoms with Gasteiger partial charge >= 0.3 is 0 Å².